The third-order valence-corrected chi connectivity index (χ3v) is 3.53. The molecule has 2 rings (SSSR count). The topological polar surface area (TPSA) is 20.2 Å². The molecular formula is C15H12BrF3O. The van der Waals surface area contributed by atoms with Crippen LogP contribution in [0.2, 0.25) is 0 Å². The van der Waals surface area contributed by atoms with Crippen LogP contribution >= 0.6 is 15.9 Å². The van der Waals surface area contributed by atoms with Gasteiger partial charge in [0.2, 0.25) is 0 Å². The molecule has 0 heterocycles. The van der Waals surface area contributed by atoms with Crippen molar-refractivity contribution in [3.8, 4) is 0 Å². The molecule has 106 valence electrons. The van der Waals surface area contributed by atoms with E-state index >= 15 is 0 Å². The van der Waals surface area contributed by atoms with E-state index < -0.39 is 23.1 Å². The molecule has 5 heteroatoms. The van der Waals surface area contributed by atoms with E-state index in [0.717, 1.165) is 18.2 Å². The summed E-state index contributed by atoms with van der Waals surface area (Å²) in [6.45, 7) is 1.39. The van der Waals surface area contributed by atoms with Crippen molar-refractivity contribution in [2.75, 3.05) is 0 Å². The van der Waals surface area contributed by atoms with Gasteiger partial charge in [0.25, 0.3) is 0 Å². The maximum atomic E-state index is 13.8. The van der Waals surface area contributed by atoms with Crippen LogP contribution in [-0.2, 0) is 12.0 Å². The molecule has 0 spiro atoms. The van der Waals surface area contributed by atoms with Crippen molar-refractivity contribution in [1.29, 1.82) is 0 Å². The van der Waals surface area contributed by atoms with E-state index in [1.54, 1.807) is 6.07 Å². The summed E-state index contributed by atoms with van der Waals surface area (Å²) in [6.07, 6.45) is -0.0883. The van der Waals surface area contributed by atoms with Gasteiger partial charge in [0.1, 0.15) is 17.5 Å². The third-order valence-electron chi connectivity index (χ3n) is 3.03. The van der Waals surface area contributed by atoms with Crippen molar-refractivity contribution >= 4 is 15.9 Å². The number of rotatable bonds is 3. The largest absolute Gasteiger partial charge is 0.385 e. The molecule has 0 amide bonds. The molecule has 0 radical (unpaired) electrons. The van der Waals surface area contributed by atoms with Gasteiger partial charge in [0.05, 0.1) is 5.60 Å². The van der Waals surface area contributed by atoms with E-state index in [2.05, 4.69) is 15.9 Å². The van der Waals surface area contributed by atoms with Crippen molar-refractivity contribution in [1.82, 2.24) is 0 Å². The fourth-order valence-corrected chi connectivity index (χ4v) is 2.34. The van der Waals surface area contributed by atoms with Crippen molar-refractivity contribution in [2.45, 2.75) is 18.9 Å². The number of hydrogen-bond donors (Lipinski definition) is 1. The van der Waals surface area contributed by atoms with E-state index in [4.69, 9.17) is 0 Å². The van der Waals surface area contributed by atoms with E-state index in [-0.39, 0.29) is 17.5 Å². The summed E-state index contributed by atoms with van der Waals surface area (Å²) < 4.78 is 40.7. The molecule has 20 heavy (non-hydrogen) atoms. The van der Waals surface area contributed by atoms with Crippen LogP contribution in [0, 0.1) is 17.5 Å². The maximum Gasteiger partial charge on any atom is 0.127 e. The highest BCUT2D eigenvalue weighted by atomic mass is 79.9. The predicted octanol–water partition coefficient (Wildman–Crippen LogP) is 4.32. The van der Waals surface area contributed by atoms with Gasteiger partial charge in [-0.2, -0.15) is 0 Å². The van der Waals surface area contributed by atoms with E-state index in [1.165, 1.54) is 19.1 Å². The summed E-state index contributed by atoms with van der Waals surface area (Å²) in [4.78, 5) is 0. The molecular weight excluding hydrogens is 333 g/mol. The molecule has 0 saturated carbocycles. The van der Waals surface area contributed by atoms with Crippen LogP contribution in [0.15, 0.2) is 40.9 Å². The Hall–Kier alpha value is -1.33. The van der Waals surface area contributed by atoms with Gasteiger partial charge in [-0.25, -0.2) is 13.2 Å². The molecule has 0 saturated heterocycles. The highest BCUT2D eigenvalue weighted by Gasteiger charge is 2.26. The fraction of sp³-hybridized carbons (Fsp3) is 0.200. The minimum absolute atomic E-state index is 0.0670. The smallest absolute Gasteiger partial charge is 0.127 e. The number of hydrogen-bond acceptors (Lipinski definition) is 1. The lowest BCUT2D eigenvalue weighted by molar-refractivity contribution is 0.0560. The van der Waals surface area contributed by atoms with Crippen LogP contribution in [0.25, 0.3) is 0 Å². The Labute approximate surface area is 123 Å². The summed E-state index contributed by atoms with van der Waals surface area (Å²) in [5.41, 5.74) is -1.24. The molecule has 0 bridgehead atoms. The molecule has 2 aromatic carbocycles. The van der Waals surface area contributed by atoms with Crippen molar-refractivity contribution in [2.24, 2.45) is 0 Å². The van der Waals surface area contributed by atoms with E-state index in [1.807, 2.05) is 0 Å². The van der Waals surface area contributed by atoms with Crippen LogP contribution in [0.5, 0.6) is 0 Å². The summed E-state index contributed by atoms with van der Waals surface area (Å²) in [5, 5.41) is 10.4. The second-order valence-corrected chi connectivity index (χ2v) is 5.76. The quantitative estimate of drug-likeness (QED) is 0.879. The van der Waals surface area contributed by atoms with Crippen LogP contribution in [-0.4, -0.2) is 5.11 Å². The maximum absolute atomic E-state index is 13.8. The molecule has 0 aliphatic heterocycles. The average molecular weight is 345 g/mol. The van der Waals surface area contributed by atoms with Crippen LogP contribution in [0.3, 0.4) is 0 Å². The molecule has 0 aliphatic carbocycles. The Bertz CT molecular complexity index is 621. The zero-order valence-corrected chi connectivity index (χ0v) is 12.2. The molecule has 2 aromatic rings. The summed E-state index contributed by atoms with van der Waals surface area (Å²) in [7, 11) is 0. The van der Waals surface area contributed by atoms with Crippen molar-refractivity contribution in [3.05, 3.63) is 69.4 Å². The van der Waals surface area contributed by atoms with Gasteiger partial charge in [-0.3, -0.25) is 0 Å². The van der Waals surface area contributed by atoms with Crippen molar-refractivity contribution in [3.63, 3.8) is 0 Å². The third kappa shape index (κ3) is 3.41. The molecule has 0 aliphatic rings. The fourth-order valence-electron chi connectivity index (χ4n) is 2.00. The van der Waals surface area contributed by atoms with Crippen LogP contribution < -0.4 is 0 Å². The monoisotopic (exact) mass is 344 g/mol. The van der Waals surface area contributed by atoms with E-state index in [0.29, 0.717) is 4.47 Å². The van der Waals surface area contributed by atoms with Gasteiger partial charge in [-0.1, -0.05) is 22.0 Å². The lowest BCUT2D eigenvalue weighted by Crippen LogP contribution is -2.25. The summed E-state index contributed by atoms with van der Waals surface area (Å²) in [6, 6.07) is 7.24. The predicted molar refractivity (Wildman–Crippen MR) is 73.7 cm³/mol. The van der Waals surface area contributed by atoms with Crippen LogP contribution in [0.1, 0.15) is 18.1 Å². The minimum Gasteiger partial charge on any atom is -0.385 e. The Balaban J connectivity index is 2.34. The first-order valence-electron chi connectivity index (χ1n) is 5.91. The standard InChI is InChI=1S/C15H12BrF3O/c1-15(20,10-4-12(17)7-13(18)5-10)8-9-2-3-11(16)6-14(9)19/h2-7,20H,8H2,1H3. The first-order valence-corrected chi connectivity index (χ1v) is 6.70. The van der Waals surface area contributed by atoms with Gasteiger partial charge in [-0.15, -0.1) is 0 Å². The Morgan fingerprint density at radius 1 is 1.05 bits per heavy atom. The normalized spacial score (nSPS) is 14.1. The molecule has 1 nitrogen and oxygen atoms in total. The molecule has 0 aromatic heterocycles. The van der Waals surface area contributed by atoms with Crippen LogP contribution in [0.4, 0.5) is 13.2 Å². The highest BCUT2D eigenvalue weighted by Crippen LogP contribution is 2.28. The highest BCUT2D eigenvalue weighted by molar-refractivity contribution is 9.10. The van der Waals surface area contributed by atoms with Gasteiger partial charge >= 0.3 is 0 Å². The van der Waals surface area contributed by atoms with E-state index in [9.17, 15) is 18.3 Å². The first-order chi connectivity index (χ1) is 9.28. The zero-order chi connectivity index (χ0) is 14.9. The molecule has 1 N–H and O–H groups in total. The molecule has 1 atom stereocenters. The second-order valence-electron chi connectivity index (χ2n) is 4.84. The van der Waals surface area contributed by atoms with Gasteiger partial charge in [0, 0.05) is 17.0 Å². The van der Waals surface area contributed by atoms with Gasteiger partial charge in [-0.05, 0) is 42.3 Å². The lowest BCUT2D eigenvalue weighted by Gasteiger charge is -2.24. The van der Waals surface area contributed by atoms with Crippen molar-refractivity contribution < 1.29 is 18.3 Å². The zero-order valence-electron chi connectivity index (χ0n) is 10.6. The average Bonchev–Trinajstić information content (AvgIpc) is 2.31. The lowest BCUT2D eigenvalue weighted by atomic mass is 9.89. The number of halogens is 4. The Kier molecular flexibility index (Phi) is 4.20. The Morgan fingerprint density at radius 2 is 1.65 bits per heavy atom. The molecule has 0 fully saturated rings. The SMILES string of the molecule is CC(O)(Cc1ccc(Br)cc1F)c1cc(F)cc(F)c1. The Morgan fingerprint density at radius 3 is 2.20 bits per heavy atom. The molecule has 1 unspecified atom stereocenters. The van der Waals surface area contributed by atoms with Gasteiger partial charge in [0.15, 0.2) is 0 Å². The van der Waals surface area contributed by atoms with Gasteiger partial charge < -0.3 is 5.11 Å². The first kappa shape index (κ1) is 15.1. The minimum atomic E-state index is -1.57. The second kappa shape index (κ2) is 5.58. The summed E-state index contributed by atoms with van der Waals surface area (Å²) in [5.74, 6) is -2.05. The number of aliphatic hydroxyl groups is 1. The number of benzene rings is 2. The summed E-state index contributed by atoms with van der Waals surface area (Å²) >= 11 is 3.14.